The molecule has 0 fully saturated rings. The summed E-state index contributed by atoms with van der Waals surface area (Å²) in [5.74, 6) is 0.627. The summed E-state index contributed by atoms with van der Waals surface area (Å²) in [4.78, 5) is 7.99. The van der Waals surface area contributed by atoms with Gasteiger partial charge in [-0.25, -0.2) is 4.98 Å². The molecule has 1 aliphatic rings. The third kappa shape index (κ3) is 7.37. The molecule has 0 amide bonds. The van der Waals surface area contributed by atoms with Crippen LogP contribution in [0, 0.1) is 0 Å². The van der Waals surface area contributed by atoms with Crippen molar-refractivity contribution in [1.29, 1.82) is 0 Å². The highest BCUT2D eigenvalue weighted by molar-refractivity contribution is 14.0. The summed E-state index contributed by atoms with van der Waals surface area (Å²) >= 11 is 0. The van der Waals surface area contributed by atoms with Crippen molar-refractivity contribution in [3.63, 3.8) is 0 Å². The van der Waals surface area contributed by atoms with Gasteiger partial charge in [0.25, 0.3) is 0 Å². The molecule has 0 unspecified atom stereocenters. The quantitative estimate of drug-likeness (QED) is 0.310. The number of ether oxygens (including phenoxy) is 1. The molecule has 9 heteroatoms. The van der Waals surface area contributed by atoms with E-state index in [9.17, 15) is 13.2 Å². The summed E-state index contributed by atoms with van der Waals surface area (Å²) in [6.45, 7) is -0.879. The first kappa shape index (κ1) is 20.5. The van der Waals surface area contributed by atoms with Gasteiger partial charge in [0.15, 0.2) is 12.6 Å². The zero-order valence-corrected chi connectivity index (χ0v) is 15.5. The van der Waals surface area contributed by atoms with E-state index in [1.54, 1.807) is 13.1 Å². The number of guanidine groups is 1. The van der Waals surface area contributed by atoms with Gasteiger partial charge in [-0.1, -0.05) is 18.2 Å². The Bertz CT molecular complexity index is 553. The molecule has 0 radical (unpaired) electrons. The maximum absolute atomic E-state index is 12.0. The largest absolute Gasteiger partial charge is 0.468 e. The lowest BCUT2D eigenvalue weighted by Gasteiger charge is -2.17. The number of aromatic nitrogens is 1. The van der Waals surface area contributed by atoms with Crippen molar-refractivity contribution >= 4 is 29.9 Å². The van der Waals surface area contributed by atoms with E-state index >= 15 is 0 Å². The highest BCUT2D eigenvalue weighted by atomic mass is 127. The molecule has 134 valence electrons. The zero-order chi connectivity index (χ0) is 16.7. The van der Waals surface area contributed by atoms with Crippen molar-refractivity contribution < 1.29 is 17.9 Å². The molecule has 0 atom stereocenters. The summed E-state index contributed by atoms with van der Waals surface area (Å²) in [7, 11) is 1.68. The van der Waals surface area contributed by atoms with Crippen LogP contribution in [0.4, 0.5) is 13.2 Å². The summed E-state index contributed by atoms with van der Waals surface area (Å²) in [6, 6.07) is 3.42. The number of pyridine rings is 1. The van der Waals surface area contributed by atoms with Gasteiger partial charge in [-0.3, -0.25) is 4.99 Å². The van der Waals surface area contributed by atoms with Gasteiger partial charge in [-0.2, -0.15) is 13.2 Å². The number of nitrogens with one attached hydrogen (secondary N) is 2. The molecule has 24 heavy (non-hydrogen) atoms. The number of hydrogen-bond acceptors (Lipinski definition) is 3. The molecule has 0 saturated carbocycles. The molecule has 0 aromatic carbocycles. The number of rotatable bonds is 5. The molecule has 0 spiro atoms. The van der Waals surface area contributed by atoms with Crippen LogP contribution >= 0.6 is 24.0 Å². The Balaban J connectivity index is 0.00000288. The molecular formula is C15H20F3IN4O. The second kappa shape index (κ2) is 9.70. The predicted molar refractivity (Wildman–Crippen MR) is 96.7 cm³/mol. The van der Waals surface area contributed by atoms with Crippen LogP contribution in [0.1, 0.15) is 18.4 Å². The van der Waals surface area contributed by atoms with Gasteiger partial charge in [0.05, 0.1) is 0 Å². The maximum Gasteiger partial charge on any atom is 0.422 e. The molecule has 2 N–H and O–H groups in total. The van der Waals surface area contributed by atoms with Crippen LogP contribution in [0.3, 0.4) is 0 Å². The summed E-state index contributed by atoms with van der Waals surface area (Å²) in [5.41, 5.74) is 0.817. The molecule has 2 rings (SSSR count). The first-order valence-electron chi connectivity index (χ1n) is 7.23. The van der Waals surface area contributed by atoms with Crippen molar-refractivity contribution in [2.75, 3.05) is 13.7 Å². The average molecular weight is 456 g/mol. The van der Waals surface area contributed by atoms with Crippen LogP contribution in [-0.4, -0.2) is 36.8 Å². The van der Waals surface area contributed by atoms with Crippen LogP contribution < -0.4 is 15.4 Å². The number of aliphatic imine (C=N–C) groups is 1. The van der Waals surface area contributed by atoms with Crippen LogP contribution in [-0.2, 0) is 6.54 Å². The first-order chi connectivity index (χ1) is 11.0. The Kier molecular flexibility index (Phi) is 8.29. The Labute approximate surface area is 155 Å². The van der Waals surface area contributed by atoms with Gasteiger partial charge in [-0.15, -0.1) is 24.0 Å². The van der Waals surface area contributed by atoms with E-state index in [-0.39, 0.29) is 29.9 Å². The van der Waals surface area contributed by atoms with E-state index in [2.05, 4.69) is 37.5 Å². The van der Waals surface area contributed by atoms with Gasteiger partial charge in [0.1, 0.15) is 0 Å². The Morgan fingerprint density at radius 1 is 1.33 bits per heavy atom. The third-order valence-corrected chi connectivity index (χ3v) is 3.21. The molecule has 1 heterocycles. The van der Waals surface area contributed by atoms with Crippen LogP contribution in [0.25, 0.3) is 0 Å². The van der Waals surface area contributed by atoms with Crippen molar-refractivity contribution in [2.45, 2.75) is 31.6 Å². The van der Waals surface area contributed by atoms with Crippen molar-refractivity contribution in [2.24, 2.45) is 4.99 Å². The van der Waals surface area contributed by atoms with Crippen LogP contribution in [0.15, 0.2) is 35.5 Å². The molecule has 0 saturated heterocycles. The summed E-state index contributed by atoms with van der Waals surface area (Å²) < 4.78 is 40.7. The van der Waals surface area contributed by atoms with Gasteiger partial charge in [0, 0.05) is 31.9 Å². The SMILES string of the molecule is CN=C(NCc1ccc(OCC(F)(F)F)nc1)NC1CC=CC1.I. The van der Waals surface area contributed by atoms with E-state index in [0.717, 1.165) is 18.4 Å². The monoisotopic (exact) mass is 456 g/mol. The van der Waals surface area contributed by atoms with Crippen molar-refractivity contribution in [3.8, 4) is 5.88 Å². The molecular weight excluding hydrogens is 436 g/mol. The molecule has 1 aliphatic carbocycles. The molecule has 0 bridgehead atoms. The van der Waals surface area contributed by atoms with E-state index in [0.29, 0.717) is 18.5 Å². The third-order valence-electron chi connectivity index (χ3n) is 3.21. The lowest BCUT2D eigenvalue weighted by molar-refractivity contribution is -0.154. The second-order valence-corrected chi connectivity index (χ2v) is 5.12. The van der Waals surface area contributed by atoms with Crippen molar-refractivity contribution in [3.05, 3.63) is 36.0 Å². The smallest absolute Gasteiger partial charge is 0.422 e. The minimum Gasteiger partial charge on any atom is -0.468 e. The normalized spacial score (nSPS) is 15.1. The summed E-state index contributed by atoms with van der Waals surface area (Å²) in [5, 5.41) is 6.43. The van der Waals surface area contributed by atoms with E-state index in [1.807, 2.05) is 0 Å². The fourth-order valence-corrected chi connectivity index (χ4v) is 2.07. The van der Waals surface area contributed by atoms with E-state index in [1.165, 1.54) is 12.3 Å². The highest BCUT2D eigenvalue weighted by Crippen LogP contribution is 2.17. The minimum atomic E-state index is -4.37. The van der Waals surface area contributed by atoms with Gasteiger partial charge in [-0.05, 0) is 18.4 Å². The number of alkyl halides is 3. The number of nitrogens with zero attached hydrogens (tertiary/aromatic N) is 2. The minimum absolute atomic E-state index is 0. The fourth-order valence-electron chi connectivity index (χ4n) is 2.07. The predicted octanol–water partition coefficient (Wildman–Crippen LogP) is 3.02. The van der Waals surface area contributed by atoms with Crippen LogP contribution in [0.5, 0.6) is 5.88 Å². The lowest BCUT2D eigenvalue weighted by Crippen LogP contribution is -2.42. The first-order valence-corrected chi connectivity index (χ1v) is 7.23. The molecule has 1 aromatic rings. The number of halogens is 4. The van der Waals surface area contributed by atoms with E-state index < -0.39 is 12.8 Å². The Hall–Kier alpha value is -1.52. The van der Waals surface area contributed by atoms with E-state index in [4.69, 9.17) is 0 Å². The Morgan fingerprint density at radius 2 is 2.04 bits per heavy atom. The molecule has 5 nitrogen and oxygen atoms in total. The van der Waals surface area contributed by atoms with Crippen LogP contribution in [0.2, 0.25) is 0 Å². The topological polar surface area (TPSA) is 58.5 Å². The van der Waals surface area contributed by atoms with Gasteiger partial charge < -0.3 is 15.4 Å². The van der Waals surface area contributed by atoms with Gasteiger partial charge in [0.2, 0.25) is 5.88 Å². The maximum atomic E-state index is 12.0. The fraction of sp³-hybridized carbons (Fsp3) is 0.467. The highest BCUT2D eigenvalue weighted by Gasteiger charge is 2.28. The average Bonchev–Trinajstić information content (AvgIpc) is 3.02. The number of hydrogen-bond donors (Lipinski definition) is 2. The second-order valence-electron chi connectivity index (χ2n) is 5.12. The zero-order valence-electron chi connectivity index (χ0n) is 13.1. The lowest BCUT2D eigenvalue weighted by atomic mass is 10.2. The molecule has 1 aromatic heterocycles. The van der Waals surface area contributed by atoms with Gasteiger partial charge >= 0.3 is 6.18 Å². The Morgan fingerprint density at radius 3 is 2.58 bits per heavy atom. The van der Waals surface area contributed by atoms with Crippen molar-refractivity contribution in [1.82, 2.24) is 15.6 Å². The summed E-state index contributed by atoms with van der Waals surface area (Å²) in [6.07, 6.45) is 3.28. The molecule has 0 aliphatic heterocycles. The standard InChI is InChI=1S/C15H19F3N4O.HI/c1-19-14(22-12-4-2-3-5-12)21-9-11-6-7-13(20-8-11)23-10-15(16,17)18;/h2-3,6-8,12H,4-5,9-10H2,1H3,(H2,19,21,22);1H.